The molecular weight excluding hydrogens is 274 g/mol. The van der Waals surface area contributed by atoms with Crippen LogP contribution in [0.5, 0.6) is 0 Å². The van der Waals surface area contributed by atoms with Crippen molar-refractivity contribution in [1.82, 2.24) is 5.32 Å². The fourth-order valence-electron chi connectivity index (χ4n) is 2.84. The lowest BCUT2D eigenvalue weighted by Crippen LogP contribution is -2.46. The first-order valence-corrected chi connectivity index (χ1v) is 7.46. The minimum absolute atomic E-state index is 0.0147. The molecule has 0 saturated heterocycles. The molecule has 1 unspecified atom stereocenters. The summed E-state index contributed by atoms with van der Waals surface area (Å²) in [6.45, 7) is 6.01. The van der Waals surface area contributed by atoms with Crippen molar-refractivity contribution in [1.29, 1.82) is 0 Å². The summed E-state index contributed by atoms with van der Waals surface area (Å²) in [6, 6.07) is -1.04. The van der Waals surface area contributed by atoms with E-state index in [4.69, 9.17) is 4.74 Å². The Morgan fingerprint density at radius 3 is 2.52 bits per heavy atom. The number of rotatable bonds is 7. The van der Waals surface area contributed by atoms with Crippen LogP contribution in [-0.2, 0) is 19.1 Å². The second-order valence-corrected chi connectivity index (χ2v) is 6.18. The van der Waals surface area contributed by atoms with Crippen LogP contribution in [0, 0.1) is 11.3 Å². The molecule has 0 radical (unpaired) electrons. The van der Waals surface area contributed by atoms with E-state index in [0.717, 1.165) is 19.3 Å². The zero-order valence-corrected chi connectivity index (χ0v) is 13.0. The summed E-state index contributed by atoms with van der Waals surface area (Å²) in [5.74, 6) is -1.96. The fourth-order valence-corrected chi connectivity index (χ4v) is 2.84. The van der Waals surface area contributed by atoms with Crippen molar-refractivity contribution in [2.45, 2.75) is 58.9 Å². The molecule has 0 aromatic carbocycles. The third-order valence-electron chi connectivity index (χ3n) is 4.13. The van der Waals surface area contributed by atoms with Crippen LogP contribution in [0.1, 0.15) is 52.9 Å². The van der Waals surface area contributed by atoms with Crippen LogP contribution in [-0.4, -0.2) is 35.6 Å². The van der Waals surface area contributed by atoms with Gasteiger partial charge in [-0.3, -0.25) is 9.59 Å². The van der Waals surface area contributed by atoms with Crippen LogP contribution in [0.15, 0.2) is 0 Å². The van der Waals surface area contributed by atoms with Crippen molar-refractivity contribution < 1.29 is 24.2 Å². The van der Waals surface area contributed by atoms with Crippen molar-refractivity contribution in [3.63, 3.8) is 0 Å². The number of carboxylic acids is 1. The molecule has 2 atom stereocenters. The number of esters is 1. The average molecular weight is 299 g/mol. The third-order valence-corrected chi connectivity index (χ3v) is 4.13. The quantitative estimate of drug-likeness (QED) is 0.698. The van der Waals surface area contributed by atoms with Gasteiger partial charge in [-0.2, -0.15) is 0 Å². The van der Waals surface area contributed by atoms with Crippen LogP contribution in [0.4, 0.5) is 0 Å². The molecule has 1 fully saturated rings. The van der Waals surface area contributed by atoms with Gasteiger partial charge in [-0.05, 0) is 31.6 Å². The van der Waals surface area contributed by atoms with Gasteiger partial charge in [0.1, 0.15) is 6.04 Å². The molecule has 6 heteroatoms. The van der Waals surface area contributed by atoms with Crippen molar-refractivity contribution in [2.75, 3.05) is 6.61 Å². The second kappa shape index (κ2) is 7.43. The topological polar surface area (TPSA) is 92.7 Å². The van der Waals surface area contributed by atoms with Gasteiger partial charge in [0.2, 0.25) is 5.91 Å². The molecule has 6 nitrogen and oxygen atoms in total. The van der Waals surface area contributed by atoms with Crippen molar-refractivity contribution in [2.24, 2.45) is 11.3 Å². The number of ether oxygens (including phenoxy) is 1. The highest BCUT2D eigenvalue weighted by Gasteiger charge is 2.40. The Morgan fingerprint density at radius 1 is 1.38 bits per heavy atom. The molecule has 2 N–H and O–H groups in total. The maximum absolute atomic E-state index is 12.3. The Morgan fingerprint density at radius 2 is 2.05 bits per heavy atom. The Kier molecular flexibility index (Phi) is 6.18. The Balaban J connectivity index is 2.56. The number of nitrogens with one attached hydrogen (secondary N) is 1. The number of carbonyl (C=O) groups is 3. The Labute approximate surface area is 125 Å². The number of hydrogen-bond donors (Lipinski definition) is 2. The number of carboxylic acid groups (broad SMARTS) is 1. The lowest BCUT2D eigenvalue weighted by Gasteiger charge is -2.27. The van der Waals surface area contributed by atoms with E-state index in [0.29, 0.717) is 0 Å². The SMILES string of the molecule is CCOC(=O)CC[C@H](NC(=O)C1CCCC1(C)C)C(=O)O. The molecule has 0 aliphatic heterocycles. The highest BCUT2D eigenvalue weighted by molar-refractivity contribution is 5.86. The molecule has 1 aliphatic carbocycles. The second-order valence-electron chi connectivity index (χ2n) is 6.18. The van der Waals surface area contributed by atoms with Gasteiger partial charge in [0.15, 0.2) is 0 Å². The van der Waals surface area contributed by atoms with E-state index >= 15 is 0 Å². The highest BCUT2D eigenvalue weighted by atomic mass is 16.5. The van der Waals surface area contributed by atoms with E-state index < -0.39 is 18.0 Å². The minimum atomic E-state index is -1.12. The van der Waals surface area contributed by atoms with Gasteiger partial charge in [0, 0.05) is 12.3 Å². The fraction of sp³-hybridized carbons (Fsp3) is 0.800. The lowest BCUT2D eigenvalue weighted by molar-refractivity contribution is -0.146. The van der Waals surface area contributed by atoms with Gasteiger partial charge in [0.25, 0.3) is 0 Å². The zero-order valence-electron chi connectivity index (χ0n) is 13.0. The molecule has 120 valence electrons. The minimum Gasteiger partial charge on any atom is -0.480 e. The molecule has 0 aromatic rings. The van der Waals surface area contributed by atoms with Crippen LogP contribution >= 0.6 is 0 Å². The standard InChI is InChI=1S/C15H25NO5/c1-4-21-12(17)8-7-11(14(19)20)16-13(18)10-6-5-9-15(10,2)3/h10-11H,4-9H2,1-3H3,(H,16,18)(H,19,20)/t10?,11-/m0/s1. The van der Waals surface area contributed by atoms with Crippen molar-refractivity contribution in [3.8, 4) is 0 Å². The highest BCUT2D eigenvalue weighted by Crippen LogP contribution is 2.42. The maximum atomic E-state index is 12.3. The van der Waals surface area contributed by atoms with Gasteiger partial charge in [0.05, 0.1) is 6.61 Å². The predicted octanol–water partition coefficient (Wildman–Crippen LogP) is 1.73. The van der Waals surface area contributed by atoms with Crippen LogP contribution in [0.25, 0.3) is 0 Å². The largest absolute Gasteiger partial charge is 0.480 e. The molecule has 0 spiro atoms. The third kappa shape index (κ3) is 5.02. The molecular formula is C15H25NO5. The molecule has 1 saturated carbocycles. The van der Waals surface area contributed by atoms with Crippen molar-refractivity contribution >= 4 is 17.8 Å². The number of amides is 1. The maximum Gasteiger partial charge on any atom is 0.326 e. The first-order chi connectivity index (χ1) is 9.77. The summed E-state index contributed by atoms with van der Waals surface area (Å²) in [5.41, 5.74) is -0.103. The normalized spacial score (nSPS) is 21.6. The lowest BCUT2D eigenvalue weighted by atomic mass is 9.81. The Hall–Kier alpha value is -1.59. The monoisotopic (exact) mass is 299 g/mol. The smallest absolute Gasteiger partial charge is 0.326 e. The first-order valence-electron chi connectivity index (χ1n) is 7.46. The summed E-state index contributed by atoms with van der Waals surface area (Å²) < 4.78 is 4.77. The predicted molar refractivity (Wildman–Crippen MR) is 76.6 cm³/mol. The van der Waals surface area contributed by atoms with E-state index in [-0.39, 0.29) is 36.7 Å². The van der Waals surface area contributed by atoms with Gasteiger partial charge in [-0.25, -0.2) is 4.79 Å². The summed E-state index contributed by atoms with van der Waals surface area (Å²) in [7, 11) is 0. The first kappa shape index (κ1) is 17.5. The van der Waals surface area contributed by atoms with Gasteiger partial charge < -0.3 is 15.2 Å². The van der Waals surface area contributed by atoms with E-state index in [1.165, 1.54) is 0 Å². The molecule has 0 aromatic heterocycles. The van der Waals surface area contributed by atoms with Gasteiger partial charge >= 0.3 is 11.9 Å². The molecule has 0 heterocycles. The van der Waals surface area contributed by atoms with Crippen LogP contribution < -0.4 is 5.32 Å². The van der Waals surface area contributed by atoms with E-state index in [9.17, 15) is 19.5 Å². The van der Waals surface area contributed by atoms with Crippen LogP contribution in [0.3, 0.4) is 0 Å². The number of hydrogen-bond acceptors (Lipinski definition) is 4. The Bertz CT molecular complexity index is 405. The van der Waals surface area contributed by atoms with Crippen molar-refractivity contribution in [3.05, 3.63) is 0 Å². The van der Waals surface area contributed by atoms with Gasteiger partial charge in [-0.1, -0.05) is 20.3 Å². The van der Waals surface area contributed by atoms with Gasteiger partial charge in [-0.15, -0.1) is 0 Å². The zero-order chi connectivity index (χ0) is 16.0. The number of carbonyl (C=O) groups excluding carboxylic acids is 2. The van der Waals surface area contributed by atoms with Crippen LogP contribution in [0.2, 0.25) is 0 Å². The molecule has 0 bridgehead atoms. The molecule has 1 aliphatic rings. The number of aliphatic carboxylic acids is 1. The summed E-state index contributed by atoms with van der Waals surface area (Å²) in [6.07, 6.45) is 2.76. The molecule has 1 rings (SSSR count). The molecule has 21 heavy (non-hydrogen) atoms. The summed E-state index contributed by atoms with van der Waals surface area (Å²) in [4.78, 5) is 34.8. The van der Waals surface area contributed by atoms with E-state index in [1.807, 2.05) is 13.8 Å². The average Bonchev–Trinajstić information content (AvgIpc) is 2.74. The van der Waals surface area contributed by atoms with E-state index in [1.54, 1.807) is 6.92 Å². The van der Waals surface area contributed by atoms with E-state index in [2.05, 4.69) is 5.32 Å². The molecule has 1 amide bonds. The summed E-state index contributed by atoms with van der Waals surface area (Å²) in [5, 5.41) is 11.7. The summed E-state index contributed by atoms with van der Waals surface area (Å²) >= 11 is 0.